The summed E-state index contributed by atoms with van der Waals surface area (Å²) < 4.78 is 15.6. The molecule has 1 aromatic carbocycles. The monoisotopic (exact) mass is 523 g/mol. The van der Waals surface area contributed by atoms with Gasteiger partial charge in [-0.2, -0.15) is 4.98 Å². The maximum atomic E-state index is 13.7. The molecule has 2 aromatic heterocycles. The van der Waals surface area contributed by atoms with Crippen LogP contribution in [0.2, 0.25) is 10.0 Å². The van der Waals surface area contributed by atoms with Crippen molar-refractivity contribution in [3.63, 3.8) is 0 Å². The molecule has 1 saturated carbocycles. The molecule has 2 heterocycles. The number of imidazole rings is 1. The van der Waals surface area contributed by atoms with Gasteiger partial charge in [-0.05, 0) is 44.2 Å². The van der Waals surface area contributed by atoms with Gasteiger partial charge < -0.3 is 21.5 Å². The summed E-state index contributed by atoms with van der Waals surface area (Å²) in [5.41, 5.74) is 6.83. The third-order valence-electron chi connectivity index (χ3n) is 6.13. The Labute approximate surface area is 212 Å². The Balaban J connectivity index is 1.78. The van der Waals surface area contributed by atoms with E-state index in [1.807, 2.05) is 11.5 Å². The van der Waals surface area contributed by atoms with E-state index in [1.54, 1.807) is 6.20 Å². The number of carbonyl (C=O) groups is 1. The lowest BCUT2D eigenvalue weighted by Gasteiger charge is -2.21. The second-order valence-electron chi connectivity index (χ2n) is 8.83. The predicted molar refractivity (Wildman–Crippen MR) is 135 cm³/mol. The molecule has 0 saturated heterocycles. The number of rotatable bonds is 10. The maximum absolute atomic E-state index is 13.7. The smallest absolute Gasteiger partial charge is 0.224 e. The number of aliphatic hydroxyl groups is 1. The first-order valence-electron chi connectivity index (χ1n) is 11.6. The Hall–Kier alpha value is -2.69. The zero-order valence-corrected chi connectivity index (χ0v) is 20.8. The van der Waals surface area contributed by atoms with Crippen LogP contribution in [0.3, 0.4) is 0 Å². The molecular weight excluding hydrogens is 496 g/mol. The van der Waals surface area contributed by atoms with Gasteiger partial charge in [0.25, 0.3) is 0 Å². The van der Waals surface area contributed by atoms with E-state index >= 15 is 0 Å². The number of nitrogens with one attached hydrogen (secondary N) is 2. The van der Waals surface area contributed by atoms with Gasteiger partial charge in [0.05, 0.1) is 28.0 Å². The molecule has 5 N–H and O–H groups in total. The molecule has 3 atom stereocenters. The van der Waals surface area contributed by atoms with Gasteiger partial charge in [0.1, 0.15) is 11.3 Å². The largest absolute Gasteiger partial charge is 0.393 e. The summed E-state index contributed by atoms with van der Waals surface area (Å²) in [6.45, 7) is 2.05. The average Bonchev–Trinajstić information content (AvgIpc) is 3.36. The fraction of sp³-hybridized carbons (Fsp3) is 0.478. The number of hydrogen-bond acceptors (Lipinski definition) is 7. The summed E-state index contributed by atoms with van der Waals surface area (Å²) in [5, 5.41) is 16.5. The number of benzene rings is 1. The lowest BCUT2D eigenvalue weighted by atomic mass is 10.1. The Morgan fingerprint density at radius 1 is 1.29 bits per heavy atom. The Bertz CT molecular complexity index is 1200. The van der Waals surface area contributed by atoms with Crippen LogP contribution in [0, 0.1) is 5.82 Å². The Morgan fingerprint density at radius 3 is 2.66 bits per heavy atom. The van der Waals surface area contributed by atoms with Crippen molar-refractivity contribution in [1.29, 1.82) is 0 Å². The minimum absolute atomic E-state index is 0.0783. The molecule has 12 heteroatoms. The molecule has 1 amide bonds. The summed E-state index contributed by atoms with van der Waals surface area (Å²) in [7, 11) is 0. The van der Waals surface area contributed by atoms with Gasteiger partial charge in [-0.3, -0.25) is 9.36 Å². The second kappa shape index (κ2) is 10.9. The van der Waals surface area contributed by atoms with E-state index < -0.39 is 11.7 Å². The van der Waals surface area contributed by atoms with Gasteiger partial charge in [-0.25, -0.2) is 14.4 Å². The van der Waals surface area contributed by atoms with Crippen LogP contribution in [0.5, 0.6) is 0 Å². The molecule has 3 aromatic rings. The van der Waals surface area contributed by atoms with Crippen LogP contribution >= 0.6 is 23.2 Å². The zero-order valence-electron chi connectivity index (χ0n) is 19.3. The molecule has 9 nitrogen and oxygen atoms in total. The van der Waals surface area contributed by atoms with Gasteiger partial charge in [0, 0.05) is 18.5 Å². The average molecular weight is 524 g/mol. The van der Waals surface area contributed by atoms with Crippen molar-refractivity contribution in [1.82, 2.24) is 19.5 Å². The first-order chi connectivity index (χ1) is 16.7. The number of amides is 1. The Kier molecular flexibility index (Phi) is 7.93. The van der Waals surface area contributed by atoms with Gasteiger partial charge in [-0.1, -0.05) is 36.5 Å². The van der Waals surface area contributed by atoms with Crippen molar-refractivity contribution in [3.05, 3.63) is 34.2 Å². The van der Waals surface area contributed by atoms with E-state index in [-0.39, 0.29) is 34.7 Å². The quantitative estimate of drug-likeness (QED) is 0.295. The molecule has 0 bridgehead atoms. The highest BCUT2D eigenvalue weighted by molar-refractivity contribution is 6.39. The summed E-state index contributed by atoms with van der Waals surface area (Å²) in [6.07, 6.45) is 5.73. The van der Waals surface area contributed by atoms with Crippen LogP contribution in [0.1, 0.15) is 57.9 Å². The topological polar surface area (TPSA) is 131 Å². The van der Waals surface area contributed by atoms with E-state index in [4.69, 9.17) is 33.9 Å². The Morgan fingerprint density at radius 2 is 2.03 bits per heavy atom. The van der Waals surface area contributed by atoms with E-state index in [0.717, 1.165) is 37.8 Å². The van der Waals surface area contributed by atoms with Crippen LogP contribution in [0.15, 0.2) is 18.3 Å². The van der Waals surface area contributed by atoms with Crippen molar-refractivity contribution >= 4 is 57.9 Å². The molecule has 35 heavy (non-hydrogen) atoms. The minimum Gasteiger partial charge on any atom is -0.393 e. The van der Waals surface area contributed by atoms with Gasteiger partial charge in [-0.15, -0.1) is 0 Å². The fourth-order valence-electron chi connectivity index (χ4n) is 4.48. The molecule has 1 aliphatic rings. The SMILES string of the molecule is CCC[C@H](CCC(N)=O)n1c(Nc2c(Cl)cc(F)cc2Cl)nc2cnc(N[C@@H]3CC[C@@H](O)C3)nc21. The van der Waals surface area contributed by atoms with E-state index in [9.17, 15) is 14.3 Å². The van der Waals surface area contributed by atoms with E-state index in [2.05, 4.69) is 20.6 Å². The fourth-order valence-corrected chi connectivity index (χ4v) is 5.04. The van der Waals surface area contributed by atoms with Gasteiger partial charge >= 0.3 is 0 Å². The number of nitrogens with two attached hydrogens (primary N) is 1. The normalized spacial score (nSPS) is 18.7. The van der Waals surface area contributed by atoms with E-state index in [1.165, 1.54) is 0 Å². The van der Waals surface area contributed by atoms with Crippen LogP contribution in [-0.4, -0.2) is 42.7 Å². The molecule has 1 aliphatic carbocycles. The molecule has 0 unspecified atom stereocenters. The van der Waals surface area contributed by atoms with Crippen molar-refractivity contribution in [2.45, 2.75) is 70.1 Å². The first-order valence-corrected chi connectivity index (χ1v) is 12.4. The standard InChI is InChI=1S/C23H28Cl2FN7O2/c1-2-3-14(5-7-19(27)35)33-21-18(11-28-22(32-21)29-13-4-6-15(34)10-13)30-23(33)31-20-16(24)8-12(26)9-17(20)25/h8-9,11,13-15,34H,2-7,10H2,1H3,(H2,27,35)(H,30,31)(H,28,29,32)/t13-,14-,15-/m1/s1. The zero-order chi connectivity index (χ0) is 25.1. The predicted octanol–water partition coefficient (Wildman–Crippen LogP) is 4.95. The van der Waals surface area contributed by atoms with Crippen LogP contribution in [-0.2, 0) is 4.79 Å². The highest BCUT2D eigenvalue weighted by atomic mass is 35.5. The van der Waals surface area contributed by atoms with Crippen molar-refractivity contribution in [2.24, 2.45) is 5.73 Å². The summed E-state index contributed by atoms with van der Waals surface area (Å²) in [4.78, 5) is 25.4. The number of nitrogens with zero attached hydrogens (tertiary/aromatic N) is 4. The van der Waals surface area contributed by atoms with Crippen molar-refractivity contribution in [2.75, 3.05) is 10.6 Å². The number of aromatic nitrogens is 4. The summed E-state index contributed by atoms with van der Waals surface area (Å²) in [5.74, 6) is -0.136. The van der Waals surface area contributed by atoms with Crippen molar-refractivity contribution in [3.8, 4) is 0 Å². The number of anilines is 3. The van der Waals surface area contributed by atoms with Gasteiger partial charge in [0.15, 0.2) is 5.65 Å². The van der Waals surface area contributed by atoms with Crippen LogP contribution < -0.4 is 16.4 Å². The maximum Gasteiger partial charge on any atom is 0.224 e. The lowest BCUT2D eigenvalue weighted by molar-refractivity contribution is -0.118. The minimum atomic E-state index is -0.553. The number of halogens is 3. The molecule has 0 radical (unpaired) electrons. The molecule has 188 valence electrons. The molecule has 4 rings (SSSR count). The summed E-state index contributed by atoms with van der Waals surface area (Å²) >= 11 is 12.5. The number of carbonyl (C=O) groups excluding carboxylic acids is 1. The van der Waals surface area contributed by atoms with Crippen molar-refractivity contribution < 1.29 is 14.3 Å². The summed E-state index contributed by atoms with van der Waals surface area (Å²) in [6, 6.07) is 2.25. The first kappa shape index (κ1) is 25.4. The molecular formula is C23H28Cl2FN7O2. The lowest BCUT2D eigenvalue weighted by Crippen LogP contribution is -2.19. The van der Waals surface area contributed by atoms with E-state index in [0.29, 0.717) is 41.6 Å². The third kappa shape index (κ3) is 5.94. The van der Waals surface area contributed by atoms with Gasteiger partial charge in [0.2, 0.25) is 17.8 Å². The van der Waals surface area contributed by atoms with Crippen LogP contribution in [0.25, 0.3) is 11.2 Å². The number of hydrogen-bond donors (Lipinski definition) is 4. The highest BCUT2D eigenvalue weighted by Gasteiger charge is 2.25. The number of aliphatic hydroxyl groups excluding tert-OH is 1. The third-order valence-corrected chi connectivity index (χ3v) is 6.72. The second-order valence-corrected chi connectivity index (χ2v) is 9.65. The number of primary amides is 1. The molecule has 0 aliphatic heterocycles. The number of fused-ring (bicyclic) bond motifs is 1. The molecule has 1 fully saturated rings. The van der Waals surface area contributed by atoms with Crippen LogP contribution in [0.4, 0.5) is 22.0 Å². The molecule has 0 spiro atoms. The highest BCUT2D eigenvalue weighted by Crippen LogP contribution is 2.37.